The summed E-state index contributed by atoms with van der Waals surface area (Å²) in [7, 11) is 0. The van der Waals surface area contributed by atoms with Gasteiger partial charge in [-0.15, -0.1) is 23.2 Å². The minimum Gasteiger partial charge on any atom is -0.130 e. The van der Waals surface area contributed by atoms with Crippen LogP contribution in [0.2, 0.25) is 0 Å². The molecule has 0 bridgehead atoms. The molecule has 0 N–H and O–H groups in total. The maximum Gasteiger partial charge on any atom is 0.0108 e. The first-order valence-corrected chi connectivity index (χ1v) is 8.06. The Kier molecular flexibility index (Phi) is 9.86. The number of halogens is 2. The van der Waals surface area contributed by atoms with Gasteiger partial charge < -0.3 is 0 Å². The summed E-state index contributed by atoms with van der Waals surface area (Å²) in [5.41, 5.74) is 5.03. The molecule has 0 atom stereocenters. The summed E-state index contributed by atoms with van der Waals surface area (Å²) in [6, 6.07) is 0. The molecule has 1 aliphatic carbocycles. The number of alkyl halides is 2. The predicted octanol–water partition coefficient (Wildman–Crippen LogP) is 4.89. The zero-order chi connectivity index (χ0) is 12.8. The molecular formula is C12H21Cl2Hf. The zero-order valence-corrected chi connectivity index (χ0v) is 15.9. The van der Waals surface area contributed by atoms with Crippen molar-refractivity contribution < 1.29 is 24.4 Å². The van der Waals surface area contributed by atoms with E-state index in [1.54, 1.807) is 14.5 Å². The molecule has 1 rings (SSSR count). The molecule has 0 saturated heterocycles. The van der Waals surface area contributed by atoms with Crippen molar-refractivity contribution in [3.05, 3.63) is 20.0 Å². The van der Waals surface area contributed by atoms with Gasteiger partial charge in [0.1, 0.15) is 0 Å². The second kappa shape index (κ2) is 8.08. The molecule has 0 saturated carbocycles. The summed E-state index contributed by atoms with van der Waals surface area (Å²) in [4.78, 5) is 0. The Hall–Kier alpha value is 0.930. The molecule has 87 valence electrons. The van der Waals surface area contributed by atoms with E-state index in [0.717, 1.165) is 0 Å². The van der Waals surface area contributed by atoms with Crippen LogP contribution >= 0.6 is 23.2 Å². The Morgan fingerprint density at radius 3 is 1.27 bits per heavy atom. The maximum atomic E-state index is 4.64. The van der Waals surface area contributed by atoms with E-state index in [0.29, 0.717) is 5.41 Å². The summed E-state index contributed by atoms with van der Waals surface area (Å²) < 4.78 is 1.67. The van der Waals surface area contributed by atoms with Crippen LogP contribution in [0.3, 0.4) is 0 Å². The average molecular weight is 415 g/mol. The fourth-order valence-corrected chi connectivity index (χ4v) is 2.94. The molecule has 0 aromatic rings. The van der Waals surface area contributed by atoms with Crippen molar-refractivity contribution in [2.24, 2.45) is 5.41 Å². The number of hydrogen-bond acceptors (Lipinski definition) is 0. The molecule has 0 fully saturated rings. The van der Waals surface area contributed by atoms with Crippen molar-refractivity contribution >= 4 is 23.2 Å². The number of rotatable bonds is 0. The monoisotopic (exact) mass is 415 g/mol. The third-order valence-corrected chi connectivity index (χ3v) is 6.66. The van der Waals surface area contributed by atoms with E-state index in [4.69, 9.17) is 0 Å². The van der Waals surface area contributed by atoms with Crippen molar-refractivity contribution in [3.8, 4) is 0 Å². The van der Waals surface area contributed by atoms with Crippen LogP contribution in [-0.4, -0.2) is 12.8 Å². The Morgan fingerprint density at radius 2 is 1.20 bits per heavy atom. The van der Waals surface area contributed by atoms with Crippen molar-refractivity contribution in [3.63, 3.8) is 0 Å². The molecule has 0 aliphatic heterocycles. The zero-order valence-electron chi connectivity index (χ0n) is 10.8. The van der Waals surface area contributed by atoms with Gasteiger partial charge in [0.15, 0.2) is 0 Å². The van der Waals surface area contributed by atoms with Crippen molar-refractivity contribution in [2.45, 2.75) is 34.6 Å². The molecule has 0 nitrogen and oxygen atoms in total. The topological polar surface area (TPSA) is 0 Å². The maximum absolute atomic E-state index is 4.64. The van der Waals surface area contributed by atoms with E-state index in [1.807, 2.05) is 0 Å². The fourth-order valence-electron chi connectivity index (χ4n) is 1.59. The van der Waals surface area contributed by atoms with Crippen LogP contribution < -0.4 is 0 Å². The minimum absolute atomic E-state index is 0.375. The van der Waals surface area contributed by atoms with Crippen LogP contribution in [0, 0.1) is 5.41 Å². The van der Waals surface area contributed by atoms with Gasteiger partial charge in [0.05, 0.1) is 0 Å². The third-order valence-electron chi connectivity index (χ3n) is 3.06. The standard InChI is InChI=1S/C10H15.2CH3Cl.Hf/c1-7-6-10(4,5)9(3)8(7)2;2*1-2;/h1-5H3;2*1H3;. The molecular weight excluding hydrogens is 394 g/mol. The quantitative estimate of drug-likeness (QED) is 0.391. The molecule has 0 radical (unpaired) electrons. The van der Waals surface area contributed by atoms with Crippen LogP contribution in [0.5, 0.6) is 0 Å². The van der Waals surface area contributed by atoms with E-state index < -0.39 is 0 Å². The molecule has 0 amide bonds. The first-order chi connectivity index (χ1) is 6.89. The minimum atomic E-state index is 0.375. The summed E-state index contributed by atoms with van der Waals surface area (Å²) in [6.45, 7) is 11.5. The average Bonchev–Trinajstić information content (AvgIpc) is 2.40. The second-order valence-corrected chi connectivity index (χ2v) is 5.67. The van der Waals surface area contributed by atoms with Gasteiger partial charge in [-0.2, -0.15) is 0 Å². The number of hydrogen-bond donors (Lipinski definition) is 0. The van der Waals surface area contributed by atoms with Gasteiger partial charge >= 0.3 is 84.5 Å². The molecule has 1 aliphatic rings. The molecule has 0 unspecified atom stereocenters. The van der Waals surface area contributed by atoms with Crippen molar-refractivity contribution in [1.82, 2.24) is 0 Å². The summed E-state index contributed by atoms with van der Waals surface area (Å²) in [5.74, 6) is 0. The molecule has 15 heavy (non-hydrogen) atoms. The van der Waals surface area contributed by atoms with E-state index in [1.165, 1.54) is 42.7 Å². The van der Waals surface area contributed by atoms with Crippen LogP contribution in [0.4, 0.5) is 0 Å². The van der Waals surface area contributed by atoms with Crippen LogP contribution in [0.15, 0.2) is 20.0 Å². The van der Waals surface area contributed by atoms with Crippen LogP contribution in [0.1, 0.15) is 34.6 Å². The summed E-state index contributed by atoms with van der Waals surface area (Å²) in [6.07, 6.45) is 2.94. The summed E-state index contributed by atoms with van der Waals surface area (Å²) >= 11 is 10.5. The van der Waals surface area contributed by atoms with E-state index in [9.17, 15) is 0 Å². The Balaban J connectivity index is 0. The van der Waals surface area contributed by atoms with Crippen molar-refractivity contribution in [2.75, 3.05) is 12.8 Å². The fraction of sp³-hybridized carbons (Fsp3) is 0.667. The van der Waals surface area contributed by atoms with Crippen molar-refractivity contribution in [1.29, 1.82) is 0 Å². The molecule has 3 heteroatoms. The molecule has 0 spiro atoms. The second-order valence-electron chi connectivity index (χ2n) is 3.88. The van der Waals surface area contributed by atoms with Gasteiger partial charge in [0.2, 0.25) is 0 Å². The SMILES string of the molecule is CC1=C(C)C(C)(C)[C]([Hf])=C1C.CCl.CCl. The van der Waals surface area contributed by atoms with Gasteiger partial charge in [0, 0.05) is 12.8 Å². The van der Waals surface area contributed by atoms with E-state index in [-0.39, 0.29) is 0 Å². The predicted molar refractivity (Wildman–Crippen MR) is 68.4 cm³/mol. The molecule has 0 aromatic heterocycles. The smallest absolute Gasteiger partial charge is 0.0108 e. The van der Waals surface area contributed by atoms with E-state index in [2.05, 4.69) is 57.8 Å². The Bertz CT molecular complexity index is 237. The molecule has 0 heterocycles. The first kappa shape index (κ1) is 18.3. The van der Waals surface area contributed by atoms with Gasteiger partial charge in [-0.25, -0.2) is 0 Å². The summed E-state index contributed by atoms with van der Waals surface area (Å²) in [5, 5.41) is 0. The van der Waals surface area contributed by atoms with Gasteiger partial charge in [-0.05, 0) is 0 Å². The van der Waals surface area contributed by atoms with Gasteiger partial charge in [-0.1, -0.05) is 0 Å². The van der Waals surface area contributed by atoms with Crippen LogP contribution in [0.25, 0.3) is 0 Å². The largest absolute Gasteiger partial charge is 0.130 e. The Labute approximate surface area is 120 Å². The van der Waals surface area contributed by atoms with Crippen LogP contribution in [-0.2, 0) is 24.4 Å². The van der Waals surface area contributed by atoms with Gasteiger partial charge in [-0.3, -0.25) is 0 Å². The first-order valence-electron chi connectivity index (χ1n) is 4.76. The number of allylic oxidation sites excluding steroid dienone is 4. The van der Waals surface area contributed by atoms with E-state index >= 15 is 0 Å². The van der Waals surface area contributed by atoms with Gasteiger partial charge in [0.25, 0.3) is 0 Å². The Morgan fingerprint density at radius 1 is 0.867 bits per heavy atom. The third kappa shape index (κ3) is 4.02. The normalized spacial score (nSPS) is 17.9. The molecule has 0 aromatic carbocycles.